The number of methoxy groups -OCH3 is 1. The first kappa shape index (κ1) is 16.2. The van der Waals surface area contributed by atoms with E-state index in [2.05, 4.69) is 6.07 Å². The van der Waals surface area contributed by atoms with Crippen molar-refractivity contribution in [2.75, 3.05) is 18.8 Å². The molecule has 0 N–H and O–H groups in total. The molecule has 0 amide bonds. The van der Waals surface area contributed by atoms with Crippen LogP contribution in [0, 0.1) is 16.7 Å². The Kier molecular flexibility index (Phi) is 3.86. The summed E-state index contributed by atoms with van der Waals surface area (Å²) in [6.45, 7) is 3.62. The van der Waals surface area contributed by atoms with E-state index < -0.39 is 11.0 Å². The van der Waals surface area contributed by atoms with Gasteiger partial charge in [-0.15, -0.1) is 0 Å². The highest BCUT2D eigenvalue weighted by Crippen LogP contribution is 2.51. The Hall–Kier alpha value is -2.71. The lowest BCUT2D eigenvalue weighted by Crippen LogP contribution is -2.59. The van der Waals surface area contributed by atoms with Crippen molar-refractivity contribution < 1.29 is 14.7 Å². The molecule has 5 heteroatoms. The Labute approximate surface area is 141 Å². The molecule has 3 rings (SSSR count). The molecule has 2 aromatic rings. The van der Waals surface area contributed by atoms with Crippen molar-refractivity contribution in [1.29, 1.82) is 5.26 Å². The minimum absolute atomic E-state index is 0.0976. The van der Waals surface area contributed by atoms with Crippen LogP contribution < -0.4 is 14.5 Å². The van der Waals surface area contributed by atoms with E-state index in [-0.39, 0.29) is 6.61 Å². The zero-order valence-corrected chi connectivity index (χ0v) is 13.9. The van der Waals surface area contributed by atoms with Gasteiger partial charge in [-0.2, -0.15) is 5.26 Å². The molecule has 0 aliphatic carbocycles. The number of fused-ring (bicyclic) bond motifs is 1. The van der Waals surface area contributed by atoms with Crippen molar-refractivity contribution in [2.24, 2.45) is 5.41 Å². The molecule has 1 heterocycles. The highest BCUT2D eigenvalue weighted by atomic mass is 16.5. The molecule has 123 valence electrons. The summed E-state index contributed by atoms with van der Waals surface area (Å²) in [5.74, 6) is 1.23. The molecular formula is C19H19N2O3. The van der Waals surface area contributed by atoms with Gasteiger partial charge < -0.3 is 9.47 Å². The van der Waals surface area contributed by atoms with Crippen molar-refractivity contribution in [3.05, 3.63) is 54.1 Å². The van der Waals surface area contributed by atoms with Crippen LogP contribution in [0.25, 0.3) is 0 Å². The predicted molar refractivity (Wildman–Crippen MR) is 89.2 cm³/mol. The van der Waals surface area contributed by atoms with Gasteiger partial charge in [-0.1, -0.05) is 29.5 Å². The van der Waals surface area contributed by atoms with Gasteiger partial charge in [0.25, 0.3) is 0 Å². The van der Waals surface area contributed by atoms with E-state index in [1.165, 1.54) is 0 Å². The van der Waals surface area contributed by atoms with Crippen molar-refractivity contribution >= 4 is 5.69 Å². The van der Waals surface area contributed by atoms with Gasteiger partial charge in [-0.05, 0) is 43.7 Å². The molecule has 0 bridgehead atoms. The Morgan fingerprint density at radius 2 is 1.88 bits per heavy atom. The maximum atomic E-state index is 13.4. The van der Waals surface area contributed by atoms with Gasteiger partial charge in [0.2, 0.25) is 0 Å². The smallest absolute Gasteiger partial charge is 0.147 e. The fourth-order valence-corrected chi connectivity index (χ4v) is 3.15. The highest BCUT2D eigenvalue weighted by molar-refractivity contribution is 5.62. The lowest BCUT2D eigenvalue weighted by Gasteiger charge is -2.49. The molecule has 5 nitrogen and oxygen atoms in total. The Balaban J connectivity index is 2.20. The second kappa shape index (κ2) is 5.73. The number of rotatable bonds is 3. The van der Waals surface area contributed by atoms with Crippen LogP contribution >= 0.6 is 0 Å². The summed E-state index contributed by atoms with van der Waals surface area (Å²) in [5.41, 5.74) is -0.971. The number of nitriles is 1. The van der Waals surface area contributed by atoms with E-state index in [9.17, 15) is 10.5 Å². The van der Waals surface area contributed by atoms with Crippen molar-refractivity contribution in [2.45, 2.75) is 19.4 Å². The summed E-state index contributed by atoms with van der Waals surface area (Å²) < 4.78 is 11.1. The predicted octanol–water partition coefficient (Wildman–Crippen LogP) is 3.68. The van der Waals surface area contributed by atoms with E-state index >= 15 is 0 Å². The summed E-state index contributed by atoms with van der Waals surface area (Å²) in [6, 6.07) is 16.6. The van der Waals surface area contributed by atoms with Crippen LogP contribution in [0.1, 0.15) is 19.4 Å². The molecule has 0 spiro atoms. The minimum atomic E-state index is -1.15. The number of hydrogen-bond acceptors (Lipinski definition) is 4. The summed E-state index contributed by atoms with van der Waals surface area (Å²) in [6.07, 6.45) is 0. The van der Waals surface area contributed by atoms with Crippen molar-refractivity contribution in [1.82, 2.24) is 0 Å². The molecule has 1 aliphatic rings. The fraction of sp³-hybridized carbons (Fsp3) is 0.316. The summed E-state index contributed by atoms with van der Waals surface area (Å²) in [7, 11) is 1.59. The zero-order chi connectivity index (χ0) is 17.4. The van der Waals surface area contributed by atoms with Crippen LogP contribution in [-0.4, -0.2) is 13.7 Å². The first-order chi connectivity index (χ1) is 11.5. The molecule has 1 atom stereocenters. The zero-order valence-electron chi connectivity index (χ0n) is 13.9. The van der Waals surface area contributed by atoms with Crippen LogP contribution in [0.3, 0.4) is 0 Å². The average molecular weight is 323 g/mol. The van der Waals surface area contributed by atoms with Crippen LogP contribution in [0.5, 0.6) is 11.5 Å². The van der Waals surface area contributed by atoms with E-state index in [1.54, 1.807) is 51.3 Å². The van der Waals surface area contributed by atoms with E-state index in [0.717, 1.165) is 10.6 Å². The fourth-order valence-electron chi connectivity index (χ4n) is 3.15. The molecule has 2 aromatic carbocycles. The Morgan fingerprint density at radius 3 is 2.50 bits per heavy atom. The molecule has 0 fully saturated rings. The first-order valence-electron chi connectivity index (χ1n) is 7.71. The summed E-state index contributed by atoms with van der Waals surface area (Å²) in [5, 5.41) is 24.0. The average Bonchev–Trinajstić information content (AvgIpc) is 2.62. The molecule has 0 aromatic heterocycles. The maximum absolute atomic E-state index is 13.4. The van der Waals surface area contributed by atoms with Gasteiger partial charge in [0.15, 0.2) is 0 Å². The SMILES string of the molecule is COc1ccc(C2(C(C)(C)C#N)COc3ccccc3N2[O])cc1. The Morgan fingerprint density at radius 1 is 1.21 bits per heavy atom. The molecule has 1 aliphatic heterocycles. The van der Waals surface area contributed by atoms with Crippen LogP contribution in [-0.2, 0) is 10.7 Å². The molecule has 0 saturated carbocycles. The van der Waals surface area contributed by atoms with Gasteiger partial charge in [0.05, 0.1) is 18.6 Å². The number of hydroxylamine groups is 1. The molecule has 1 unspecified atom stereocenters. The normalized spacial score (nSPS) is 19.9. The van der Waals surface area contributed by atoms with Gasteiger partial charge in [-0.3, -0.25) is 0 Å². The number of hydrogen-bond donors (Lipinski definition) is 0. The third kappa shape index (κ3) is 2.19. The monoisotopic (exact) mass is 323 g/mol. The van der Waals surface area contributed by atoms with Crippen LogP contribution in [0.15, 0.2) is 48.5 Å². The Bertz CT molecular complexity index is 780. The first-order valence-corrected chi connectivity index (χ1v) is 7.71. The third-order valence-corrected chi connectivity index (χ3v) is 4.75. The standard InChI is InChI=1S/C19H19N2O3/c1-18(2,12-20)19(14-8-10-15(23-3)11-9-14)13-24-17-7-5-4-6-16(17)21(19)22/h4-11H,13H2,1-3H3. The highest BCUT2D eigenvalue weighted by Gasteiger charge is 2.56. The lowest BCUT2D eigenvalue weighted by molar-refractivity contribution is -0.0155. The second-order valence-corrected chi connectivity index (χ2v) is 6.38. The lowest BCUT2D eigenvalue weighted by atomic mass is 9.68. The number of nitrogens with zero attached hydrogens (tertiary/aromatic N) is 2. The van der Waals surface area contributed by atoms with Gasteiger partial charge in [0.1, 0.15) is 29.3 Å². The van der Waals surface area contributed by atoms with Gasteiger partial charge >= 0.3 is 0 Å². The van der Waals surface area contributed by atoms with Gasteiger partial charge in [0, 0.05) is 0 Å². The quantitative estimate of drug-likeness (QED) is 0.864. The number of anilines is 1. The van der Waals surface area contributed by atoms with Crippen molar-refractivity contribution in [3.63, 3.8) is 0 Å². The molecule has 1 radical (unpaired) electrons. The van der Waals surface area contributed by atoms with E-state index in [4.69, 9.17) is 9.47 Å². The molecular weight excluding hydrogens is 304 g/mol. The summed E-state index contributed by atoms with van der Waals surface area (Å²) in [4.78, 5) is 0. The maximum Gasteiger partial charge on any atom is 0.147 e. The van der Waals surface area contributed by atoms with Crippen molar-refractivity contribution in [3.8, 4) is 17.6 Å². The van der Waals surface area contributed by atoms with Gasteiger partial charge in [-0.25, -0.2) is 5.06 Å². The second-order valence-electron chi connectivity index (χ2n) is 6.38. The number of para-hydroxylation sites is 2. The molecule has 0 saturated heterocycles. The van der Waals surface area contributed by atoms with Crippen LogP contribution in [0.2, 0.25) is 0 Å². The molecule has 24 heavy (non-hydrogen) atoms. The number of benzene rings is 2. The van der Waals surface area contributed by atoms with E-state index in [0.29, 0.717) is 17.2 Å². The topological polar surface area (TPSA) is 65.4 Å². The van der Waals surface area contributed by atoms with Crippen LogP contribution in [0.4, 0.5) is 5.69 Å². The largest absolute Gasteiger partial charge is 0.497 e. The minimum Gasteiger partial charge on any atom is -0.497 e. The number of ether oxygens (including phenoxy) is 2. The van der Waals surface area contributed by atoms with E-state index in [1.807, 2.05) is 18.2 Å². The third-order valence-electron chi connectivity index (χ3n) is 4.75. The summed E-state index contributed by atoms with van der Waals surface area (Å²) >= 11 is 0.